The van der Waals surface area contributed by atoms with E-state index in [9.17, 15) is 26.3 Å². The molecule has 3 nitrogen and oxygen atoms in total. The van der Waals surface area contributed by atoms with Crippen LogP contribution in [0.3, 0.4) is 0 Å². The molecule has 1 radical (unpaired) electrons. The van der Waals surface area contributed by atoms with Gasteiger partial charge in [0.2, 0.25) is 5.88 Å². The van der Waals surface area contributed by atoms with Gasteiger partial charge >= 0.3 is 12.4 Å². The number of aromatic nitrogens is 2. The Bertz CT molecular complexity index is 405. The summed E-state index contributed by atoms with van der Waals surface area (Å²) >= 11 is 0. The lowest BCUT2D eigenvalue weighted by Gasteiger charge is -2.09. The highest BCUT2D eigenvalue weighted by Crippen LogP contribution is 2.35. The molecule has 1 heterocycles. The predicted molar refractivity (Wildman–Crippen MR) is 44.2 cm³/mol. The van der Waals surface area contributed by atoms with Crippen LogP contribution < -0.4 is 4.74 Å². The zero-order valence-electron chi connectivity index (χ0n) is 8.48. The van der Waals surface area contributed by atoms with Crippen LogP contribution in [0.2, 0.25) is 0 Å². The molecule has 1 aromatic rings. The standard InChI is InChI=1S/C8H7F6N2O/c1-4-5(8(12,13)14)15-16(2)6(4)17-3-7(9,10)11/h1,3H2,2H3. The molecular weight excluding hydrogens is 254 g/mol. The molecule has 0 spiro atoms. The molecule has 0 N–H and O–H groups in total. The Morgan fingerprint density at radius 3 is 2.12 bits per heavy atom. The third kappa shape index (κ3) is 3.27. The molecule has 17 heavy (non-hydrogen) atoms. The Morgan fingerprint density at radius 2 is 1.76 bits per heavy atom. The van der Waals surface area contributed by atoms with Crippen LogP contribution in [-0.2, 0) is 13.2 Å². The average molecular weight is 261 g/mol. The highest BCUT2D eigenvalue weighted by Gasteiger charge is 2.38. The van der Waals surface area contributed by atoms with Gasteiger partial charge in [0.1, 0.15) is 0 Å². The van der Waals surface area contributed by atoms with Crippen molar-refractivity contribution in [3.05, 3.63) is 18.2 Å². The Labute approximate surface area is 92.0 Å². The quantitative estimate of drug-likeness (QED) is 0.765. The first-order valence-corrected chi connectivity index (χ1v) is 4.18. The van der Waals surface area contributed by atoms with Crippen LogP contribution in [0.5, 0.6) is 5.88 Å². The number of halogens is 6. The zero-order chi connectivity index (χ0) is 13.4. The first kappa shape index (κ1) is 13.7. The van der Waals surface area contributed by atoms with Gasteiger partial charge in [0.05, 0.1) is 0 Å². The summed E-state index contributed by atoms with van der Waals surface area (Å²) in [5.41, 5.74) is -2.08. The lowest BCUT2D eigenvalue weighted by molar-refractivity contribution is -0.154. The summed E-state index contributed by atoms with van der Waals surface area (Å²) in [5.74, 6) is -0.658. The Kier molecular flexibility index (Phi) is 3.30. The van der Waals surface area contributed by atoms with E-state index in [0.29, 0.717) is 4.68 Å². The summed E-state index contributed by atoms with van der Waals surface area (Å²) in [5, 5.41) is 3.02. The monoisotopic (exact) mass is 261 g/mol. The van der Waals surface area contributed by atoms with Gasteiger partial charge in [-0.3, -0.25) is 0 Å². The topological polar surface area (TPSA) is 27.1 Å². The fraction of sp³-hybridized carbons (Fsp3) is 0.500. The zero-order valence-corrected chi connectivity index (χ0v) is 8.48. The SMILES string of the molecule is [CH2]c1c(C(F)(F)F)nn(C)c1OCC(F)(F)F. The molecule has 9 heteroatoms. The van der Waals surface area contributed by atoms with E-state index >= 15 is 0 Å². The summed E-state index contributed by atoms with van der Waals surface area (Å²) in [4.78, 5) is 0. The molecule has 0 unspecified atom stereocenters. The van der Waals surface area contributed by atoms with E-state index in [4.69, 9.17) is 0 Å². The minimum absolute atomic E-state index is 0.566. The summed E-state index contributed by atoms with van der Waals surface area (Å²) in [6.45, 7) is 1.31. The van der Waals surface area contributed by atoms with Crippen LogP contribution in [0.15, 0.2) is 0 Å². The Hall–Kier alpha value is -1.41. The van der Waals surface area contributed by atoms with Gasteiger partial charge in [-0.05, 0) is 6.92 Å². The van der Waals surface area contributed by atoms with Gasteiger partial charge in [-0.2, -0.15) is 31.4 Å². The van der Waals surface area contributed by atoms with E-state index in [2.05, 4.69) is 16.8 Å². The molecule has 0 aromatic carbocycles. The normalized spacial score (nSPS) is 12.9. The number of nitrogens with zero attached hydrogens (tertiary/aromatic N) is 2. The lowest BCUT2D eigenvalue weighted by Crippen LogP contribution is -2.20. The van der Waals surface area contributed by atoms with E-state index in [1.807, 2.05) is 0 Å². The molecule has 0 saturated heterocycles. The van der Waals surface area contributed by atoms with Crippen molar-refractivity contribution < 1.29 is 31.1 Å². The summed E-state index contributed by atoms with van der Waals surface area (Å²) in [6.07, 6.45) is -9.43. The van der Waals surface area contributed by atoms with Crippen molar-refractivity contribution in [2.45, 2.75) is 12.4 Å². The van der Waals surface area contributed by atoms with Crippen LogP contribution >= 0.6 is 0 Å². The molecule has 0 amide bonds. The second-order valence-electron chi connectivity index (χ2n) is 3.16. The molecule has 0 bridgehead atoms. The van der Waals surface area contributed by atoms with E-state index in [1.165, 1.54) is 0 Å². The molecule has 0 aliphatic rings. The average Bonchev–Trinajstić information content (AvgIpc) is 2.37. The van der Waals surface area contributed by atoms with E-state index < -0.39 is 36.1 Å². The number of alkyl halides is 6. The van der Waals surface area contributed by atoms with Crippen molar-refractivity contribution in [3.8, 4) is 5.88 Å². The third-order valence-electron chi connectivity index (χ3n) is 1.73. The van der Waals surface area contributed by atoms with Crippen LogP contribution in [0, 0.1) is 6.92 Å². The maximum atomic E-state index is 12.3. The molecule has 1 rings (SSSR count). The maximum Gasteiger partial charge on any atom is 0.435 e. The molecule has 0 aliphatic heterocycles. The van der Waals surface area contributed by atoms with Crippen molar-refractivity contribution in [1.82, 2.24) is 9.78 Å². The van der Waals surface area contributed by atoms with E-state index in [0.717, 1.165) is 7.05 Å². The fourth-order valence-electron chi connectivity index (χ4n) is 1.11. The first-order chi connectivity index (χ1) is 7.52. The molecule has 97 valence electrons. The Morgan fingerprint density at radius 1 is 1.24 bits per heavy atom. The lowest BCUT2D eigenvalue weighted by atomic mass is 10.2. The van der Waals surface area contributed by atoms with Crippen molar-refractivity contribution in [2.75, 3.05) is 6.61 Å². The van der Waals surface area contributed by atoms with Gasteiger partial charge in [0, 0.05) is 12.6 Å². The van der Waals surface area contributed by atoms with Gasteiger partial charge in [-0.25, -0.2) is 4.68 Å². The van der Waals surface area contributed by atoms with Gasteiger partial charge < -0.3 is 4.74 Å². The largest absolute Gasteiger partial charge is 0.468 e. The summed E-state index contributed by atoms with van der Waals surface area (Å²) in [7, 11) is 1.04. The van der Waals surface area contributed by atoms with Gasteiger partial charge in [-0.1, -0.05) is 0 Å². The van der Waals surface area contributed by atoms with Crippen molar-refractivity contribution in [2.24, 2.45) is 7.05 Å². The van der Waals surface area contributed by atoms with E-state index in [1.54, 1.807) is 0 Å². The number of rotatable bonds is 2. The molecule has 0 aliphatic carbocycles. The highest BCUT2D eigenvalue weighted by molar-refractivity contribution is 5.35. The van der Waals surface area contributed by atoms with Gasteiger partial charge in [-0.15, -0.1) is 0 Å². The molecule has 0 saturated carbocycles. The van der Waals surface area contributed by atoms with Crippen LogP contribution in [0.1, 0.15) is 11.3 Å². The summed E-state index contributed by atoms with van der Waals surface area (Å²) < 4.78 is 77.3. The van der Waals surface area contributed by atoms with Gasteiger partial charge in [0.15, 0.2) is 12.3 Å². The molecule has 0 fully saturated rings. The minimum Gasteiger partial charge on any atom is -0.468 e. The molecule has 0 atom stereocenters. The second-order valence-corrected chi connectivity index (χ2v) is 3.16. The van der Waals surface area contributed by atoms with Gasteiger partial charge in [0.25, 0.3) is 0 Å². The smallest absolute Gasteiger partial charge is 0.435 e. The van der Waals surface area contributed by atoms with Crippen LogP contribution in [0.25, 0.3) is 0 Å². The summed E-state index contributed by atoms with van der Waals surface area (Å²) in [6, 6.07) is 0. The Balaban J connectivity index is 2.99. The van der Waals surface area contributed by atoms with Crippen molar-refractivity contribution >= 4 is 0 Å². The molecule has 1 aromatic heterocycles. The third-order valence-corrected chi connectivity index (χ3v) is 1.73. The van der Waals surface area contributed by atoms with E-state index in [-0.39, 0.29) is 0 Å². The highest BCUT2D eigenvalue weighted by atomic mass is 19.4. The number of hydrogen-bond acceptors (Lipinski definition) is 2. The molecular formula is C8H7F6N2O. The number of ether oxygens (including phenoxy) is 1. The van der Waals surface area contributed by atoms with Crippen molar-refractivity contribution in [1.29, 1.82) is 0 Å². The van der Waals surface area contributed by atoms with Crippen molar-refractivity contribution in [3.63, 3.8) is 0 Å². The number of aryl methyl sites for hydroxylation is 1. The van der Waals surface area contributed by atoms with Crippen LogP contribution in [-0.4, -0.2) is 22.6 Å². The fourth-order valence-corrected chi connectivity index (χ4v) is 1.11. The number of hydrogen-bond donors (Lipinski definition) is 0. The second kappa shape index (κ2) is 4.11. The minimum atomic E-state index is -4.78. The maximum absolute atomic E-state index is 12.3. The first-order valence-electron chi connectivity index (χ1n) is 4.18. The van der Waals surface area contributed by atoms with Crippen LogP contribution in [0.4, 0.5) is 26.3 Å². The predicted octanol–water partition coefficient (Wildman–Crippen LogP) is 2.56.